The number of aromatic nitrogens is 2. The lowest BCUT2D eigenvalue weighted by Crippen LogP contribution is -2.19. The zero-order valence-corrected chi connectivity index (χ0v) is 12.3. The summed E-state index contributed by atoms with van der Waals surface area (Å²) in [4.78, 5) is 8.61. The molecule has 0 unspecified atom stereocenters. The van der Waals surface area contributed by atoms with Crippen LogP contribution in [0.2, 0.25) is 0 Å². The van der Waals surface area contributed by atoms with E-state index in [0.717, 1.165) is 18.0 Å². The second kappa shape index (κ2) is 7.01. The fourth-order valence-electron chi connectivity index (χ4n) is 1.74. The molecule has 0 bridgehead atoms. The average Bonchev–Trinajstić information content (AvgIpc) is 2.41. The molecule has 4 heteroatoms. The van der Waals surface area contributed by atoms with Gasteiger partial charge in [-0.05, 0) is 31.5 Å². The van der Waals surface area contributed by atoms with E-state index < -0.39 is 0 Å². The van der Waals surface area contributed by atoms with Crippen LogP contribution < -0.4 is 10.1 Å². The van der Waals surface area contributed by atoms with E-state index in [1.165, 1.54) is 5.56 Å². The van der Waals surface area contributed by atoms with E-state index in [9.17, 15) is 0 Å². The Balaban J connectivity index is 1.96. The van der Waals surface area contributed by atoms with Crippen LogP contribution in [0, 0.1) is 12.8 Å². The fourth-order valence-corrected chi connectivity index (χ4v) is 1.74. The first-order valence-corrected chi connectivity index (χ1v) is 6.89. The molecule has 1 aromatic carbocycles. The third-order valence-electron chi connectivity index (χ3n) is 2.76. The molecule has 0 atom stereocenters. The van der Waals surface area contributed by atoms with Gasteiger partial charge in [-0.2, -0.15) is 0 Å². The van der Waals surface area contributed by atoms with Crippen LogP contribution in [0.3, 0.4) is 0 Å². The van der Waals surface area contributed by atoms with Crippen molar-refractivity contribution in [3.63, 3.8) is 0 Å². The quantitative estimate of drug-likeness (QED) is 0.875. The lowest BCUT2D eigenvalue weighted by molar-refractivity contribution is 0.455. The van der Waals surface area contributed by atoms with Crippen LogP contribution in [0.5, 0.6) is 11.6 Å². The Morgan fingerprint density at radius 2 is 1.90 bits per heavy atom. The molecule has 0 aliphatic carbocycles. The molecule has 1 N–H and O–H groups in total. The average molecular weight is 271 g/mol. The number of hydrogen-bond acceptors (Lipinski definition) is 4. The van der Waals surface area contributed by atoms with Crippen LogP contribution in [0.25, 0.3) is 0 Å². The van der Waals surface area contributed by atoms with Gasteiger partial charge in [0.2, 0.25) is 5.88 Å². The summed E-state index contributed by atoms with van der Waals surface area (Å²) < 4.78 is 5.70. The van der Waals surface area contributed by atoms with Crippen LogP contribution >= 0.6 is 0 Å². The Morgan fingerprint density at radius 3 is 2.60 bits per heavy atom. The number of hydrogen-bond donors (Lipinski definition) is 1. The molecule has 0 aliphatic heterocycles. The smallest absolute Gasteiger partial charge is 0.238 e. The van der Waals surface area contributed by atoms with Gasteiger partial charge in [-0.1, -0.05) is 31.5 Å². The molecule has 2 aromatic rings. The molecule has 0 saturated heterocycles. The van der Waals surface area contributed by atoms with Crippen molar-refractivity contribution in [1.82, 2.24) is 15.3 Å². The number of nitrogens with zero attached hydrogens (tertiary/aromatic N) is 2. The SMILES string of the molecule is Cc1ccc(Oc2cncc(CNCC(C)C)n2)cc1. The van der Waals surface area contributed by atoms with E-state index in [1.807, 2.05) is 31.2 Å². The lowest BCUT2D eigenvalue weighted by atomic mass is 10.2. The van der Waals surface area contributed by atoms with Crippen molar-refractivity contribution in [3.05, 3.63) is 47.9 Å². The maximum Gasteiger partial charge on any atom is 0.238 e. The highest BCUT2D eigenvalue weighted by Gasteiger charge is 2.02. The van der Waals surface area contributed by atoms with Crippen molar-refractivity contribution in [1.29, 1.82) is 0 Å². The molecule has 1 aromatic heterocycles. The lowest BCUT2D eigenvalue weighted by Gasteiger charge is -2.08. The van der Waals surface area contributed by atoms with Gasteiger partial charge in [-0.15, -0.1) is 0 Å². The van der Waals surface area contributed by atoms with Gasteiger partial charge < -0.3 is 10.1 Å². The minimum Gasteiger partial charge on any atom is -0.437 e. The molecule has 0 saturated carbocycles. The third kappa shape index (κ3) is 4.63. The van der Waals surface area contributed by atoms with Crippen LogP contribution in [-0.2, 0) is 6.54 Å². The first kappa shape index (κ1) is 14.5. The Bertz CT molecular complexity index is 538. The predicted molar refractivity (Wildman–Crippen MR) is 79.8 cm³/mol. The summed E-state index contributed by atoms with van der Waals surface area (Å²) in [6.45, 7) is 8.07. The second-order valence-electron chi connectivity index (χ2n) is 5.29. The first-order valence-electron chi connectivity index (χ1n) is 6.89. The standard InChI is InChI=1S/C16H21N3O/c1-12(2)8-17-9-14-10-18-11-16(19-14)20-15-6-4-13(3)5-7-15/h4-7,10-12,17H,8-9H2,1-3H3. The molecule has 0 aliphatic rings. The number of benzene rings is 1. The molecule has 1 heterocycles. The summed E-state index contributed by atoms with van der Waals surface area (Å²) in [7, 11) is 0. The van der Waals surface area contributed by atoms with E-state index >= 15 is 0 Å². The molecular weight excluding hydrogens is 250 g/mol. The fraction of sp³-hybridized carbons (Fsp3) is 0.375. The highest BCUT2D eigenvalue weighted by Crippen LogP contribution is 2.18. The minimum atomic E-state index is 0.526. The molecule has 4 nitrogen and oxygen atoms in total. The van der Waals surface area contributed by atoms with Gasteiger partial charge >= 0.3 is 0 Å². The van der Waals surface area contributed by atoms with Gasteiger partial charge in [0, 0.05) is 12.7 Å². The molecular formula is C16H21N3O. The van der Waals surface area contributed by atoms with E-state index in [1.54, 1.807) is 12.4 Å². The van der Waals surface area contributed by atoms with Gasteiger partial charge in [-0.3, -0.25) is 4.98 Å². The molecule has 0 spiro atoms. The molecule has 0 fully saturated rings. The third-order valence-corrected chi connectivity index (χ3v) is 2.76. The largest absolute Gasteiger partial charge is 0.437 e. The second-order valence-corrected chi connectivity index (χ2v) is 5.29. The Kier molecular flexibility index (Phi) is 5.07. The van der Waals surface area contributed by atoms with Crippen LogP contribution in [0.4, 0.5) is 0 Å². The van der Waals surface area contributed by atoms with Crippen LogP contribution in [0.15, 0.2) is 36.7 Å². The number of ether oxygens (including phenoxy) is 1. The highest BCUT2D eigenvalue weighted by atomic mass is 16.5. The van der Waals surface area contributed by atoms with Crippen LogP contribution in [0.1, 0.15) is 25.1 Å². The number of aryl methyl sites for hydroxylation is 1. The Hall–Kier alpha value is -1.94. The number of nitrogens with one attached hydrogen (secondary N) is 1. The zero-order chi connectivity index (χ0) is 14.4. The van der Waals surface area contributed by atoms with E-state index in [4.69, 9.17) is 4.74 Å². The highest BCUT2D eigenvalue weighted by molar-refractivity contribution is 5.29. The predicted octanol–water partition coefficient (Wildman–Crippen LogP) is 3.32. The van der Waals surface area contributed by atoms with E-state index in [0.29, 0.717) is 18.3 Å². The maximum absolute atomic E-state index is 5.70. The molecule has 20 heavy (non-hydrogen) atoms. The van der Waals surface area contributed by atoms with Crippen molar-refractivity contribution in [2.75, 3.05) is 6.54 Å². The summed E-state index contributed by atoms with van der Waals surface area (Å²) in [5, 5.41) is 3.34. The summed E-state index contributed by atoms with van der Waals surface area (Å²) in [6.07, 6.45) is 3.39. The van der Waals surface area contributed by atoms with Crippen molar-refractivity contribution in [2.45, 2.75) is 27.3 Å². The van der Waals surface area contributed by atoms with E-state index in [-0.39, 0.29) is 0 Å². The van der Waals surface area contributed by atoms with Crippen LogP contribution in [-0.4, -0.2) is 16.5 Å². The van der Waals surface area contributed by atoms with Gasteiger partial charge in [0.1, 0.15) is 5.75 Å². The monoisotopic (exact) mass is 271 g/mol. The van der Waals surface area contributed by atoms with Gasteiger partial charge in [0.15, 0.2) is 0 Å². The van der Waals surface area contributed by atoms with Crippen molar-refractivity contribution in [2.24, 2.45) is 5.92 Å². The minimum absolute atomic E-state index is 0.526. The van der Waals surface area contributed by atoms with E-state index in [2.05, 4.69) is 29.1 Å². The van der Waals surface area contributed by atoms with Crippen molar-refractivity contribution < 1.29 is 4.74 Å². The molecule has 0 amide bonds. The maximum atomic E-state index is 5.70. The first-order chi connectivity index (χ1) is 9.63. The van der Waals surface area contributed by atoms with Gasteiger partial charge in [0.25, 0.3) is 0 Å². The molecule has 2 rings (SSSR count). The molecule has 106 valence electrons. The normalized spacial score (nSPS) is 10.8. The Labute approximate surface area is 120 Å². The van der Waals surface area contributed by atoms with Gasteiger partial charge in [0.05, 0.1) is 11.9 Å². The molecule has 0 radical (unpaired) electrons. The Morgan fingerprint density at radius 1 is 1.15 bits per heavy atom. The summed E-state index contributed by atoms with van der Waals surface area (Å²) in [5.74, 6) is 1.92. The topological polar surface area (TPSA) is 47.0 Å². The summed E-state index contributed by atoms with van der Waals surface area (Å²) in [5.41, 5.74) is 2.09. The van der Waals surface area contributed by atoms with Crippen molar-refractivity contribution >= 4 is 0 Å². The summed E-state index contributed by atoms with van der Waals surface area (Å²) >= 11 is 0. The zero-order valence-electron chi connectivity index (χ0n) is 12.3. The number of rotatable bonds is 6. The van der Waals surface area contributed by atoms with Crippen molar-refractivity contribution in [3.8, 4) is 11.6 Å². The summed E-state index contributed by atoms with van der Waals surface area (Å²) in [6, 6.07) is 7.88. The van der Waals surface area contributed by atoms with Gasteiger partial charge in [-0.25, -0.2) is 4.98 Å².